The van der Waals surface area contributed by atoms with Crippen LogP contribution in [0.1, 0.15) is 13.3 Å². The molecular formula is C10H15BrN2O2S2. The van der Waals surface area contributed by atoms with Gasteiger partial charge in [0.05, 0.1) is 3.79 Å². The summed E-state index contributed by atoms with van der Waals surface area (Å²) in [5, 5.41) is 0. The molecule has 17 heavy (non-hydrogen) atoms. The predicted octanol–water partition coefficient (Wildman–Crippen LogP) is 1.87. The van der Waals surface area contributed by atoms with E-state index in [4.69, 9.17) is 5.73 Å². The summed E-state index contributed by atoms with van der Waals surface area (Å²) in [5.74, 6) is 0.386. The second kappa shape index (κ2) is 4.97. The third-order valence-electron chi connectivity index (χ3n) is 3.12. The number of sulfonamides is 1. The molecule has 4 nitrogen and oxygen atoms in total. The Bertz CT molecular complexity index is 500. The van der Waals surface area contributed by atoms with Crippen LogP contribution in [-0.2, 0) is 10.0 Å². The fourth-order valence-electron chi connectivity index (χ4n) is 1.85. The van der Waals surface area contributed by atoms with Gasteiger partial charge in [0.15, 0.2) is 0 Å². The van der Waals surface area contributed by atoms with Crippen LogP contribution in [0.4, 0.5) is 0 Å². The largest absolute Gasteiger partial charge is 0.326 e. The summed E-state index contributed by atoms with van der Waals surface area (Å²) < 4.78 is 27.3. The predicted molar refractivity (Wildman–Crippen MR) is 72.5 cm³/mol. The van der Waals surface area contributed by atoms with E-state index in [0.717, 1.165) is 10.2 Å². The number of hydrogen-bond donors (Lipinski definition) is 1. The van der Waals surface area contributed by atoms with E-state index in [-0.39, 0.29) is 6.04 Å². The third kappa shape index (κ3) is 2.73. The van der Waals surface area contributed by atoms with E-state index in [1.165, 1.54) is 15.6 Å². The fraction of sp³-hybridized carbons (Fsp3) is 0.600. The molecule has 96 valence electrons. The van der Waals surface area contributed by atoms with Gasteiger partial charge in [0.1, 0.15) is 4.21 Å². The number of rotatable bonds is 2. The highest BCUT2D eigenvalue weighted by Crippen LogP contribution is 2.30. The van der Waals surface area contributed by atoms with Gasteiger partial charge < -0.3 is 5.73 Å². The lowest BCUT2D eigenvalue weighted by Crippen LogP contribution is -2.49. The Hall–Kier alpha value is 0.0500. The maximum atomic E-state index is 12.3. The first-order valence-corrected chi connectivity index (χ1v) is 8.47. The second-order valence-electron chi connectivity index (χ2n) is 4.35. The number of nitrogens with zero attached hydrogens (tertiary/aromatic N) is 1. The monoisotopic (exact) mass is 338 g/mol. The van der Waals surface area contributed by atoms with Crippen LogP contribution in [0, 0.1) is 5.92 Å². The molecule has 2 heterocycles. The van der Waals surface area contributed by atoms with Crippen LogP contribution in [0.2, 0.25) is 0 Å². The van der Waals surface area contributed by atoms with E-state index in [1.807, 2.05) is 0 Å². The molecule has 0 saturated carbocycles. The van der Waals surface area contributed by atoms with Gasteiger partial charge >= 0.3 is 0 Å². The highest BCUT2D eigenvalue weighted by molar-refractivity contribution is 9.11. The van der Waals surface area contributed by atoms with Crippen LogP contribution >= 0.6 is 27.3 Å². The number of halogens is 1. The SMILES string of the molecule is CC1CCN(S(=O)(=O)c2ccc(Br)s2)CC1N. The minimum atomic E-state index is -3.36. The molecule has 1 aliphatic heterocycles. The van der Waals surface area contributed by atoms with Gasteiger partial charge in [-0.1, -0.05) is 6.92 Å². The van der Waals surface area contributed by atoms with E-state index >= 15 is 0 Å². The summed E-state index contributed by atoms with van der Waals surface area (Å²) in [6.07, 6.45) is 0.826. The quantitative estimate of drug-likeness (QED) is 0.895. The van der Waals surface area contributed by atoms with Crippen molar-refractivity contribution in [3.63, 3.8) is 0 Å². The summed E-state index contributed by atoms with van der Waals surface area (Å²) >= 11 is 4.52. The van der Waals surface area contributed by atoms with Gasteiger partial charge in [0.25, 0.3) is 10.0 Å². The van der Waals surface area contributed by atoms with Crippen LogP contribution < -0.4 is 5.73 Å². The van der Waals surface area contributed by atoms with E-state index in [0.29, 0.717) is 23.2 Å². The maximum Gasteiger partial charge on any atom is 0.252 e. The zero-order valence-electron chi connectivity index (χ0n) is 9.47. The van der Waals surface area contributed by atoms with E-state index in [2.05, 4.69) is 22.9 Å². The highest BCUT2D eigenvalue weighted by atomic mass is 79.9. The molecule has 1 aromatic rings. The molecule has 2 rings (SSSR count). The lowest BCUT2D eigenvalue weighted by atomic mass is 9.96. The Kier molecular flexibility index (Phi) is 3.94. The Morgan fingerprint density at radius 2 is 2.24 bits per heavy atom. The van der Waals surface area contributed by atoms with Crippen molar-refractivity contribution in [1.29, 1.82) is 0 Å². The van der Waals surface area contributed by atoms with E-state index < -0.39 is 10.0 Å². The zero-order chi connectivity index (χ0) is 12.6. The third-order valence-corrected chi connectivity index (χ3v) is 7.08. The van der Waals surface area contributed by atoms with Crippen molar-refractivity contribution in [2.45, 2.75) is 23.6 Å². The van der Waals surface area contributed by atoms with E-state index in [1.54, 1.807) is 12.1 Å². The highest BCUT2D eigenvalue weighted by Gasteiger charge is 2.32. The number of nitrogens with two attached hydrogens (primary N) is 1. The lowest BCUT2D eigenvalue weighted by molar-refractivity contribution is 0.253. The van der Waals surface area contributed by atoms with E-state index in [9.17, 15) is 8.42 Å². The minimum Gasteiger partial charge on any atom is -0.326 e. The summed E-state index contributed by atoms with van der Waals surface area (Å²) in [6.45, 7) is 3.04. The van der Waals surface area contributed by atoms with Gasteiger partial charge in [-0.05, 0) is 40.4 Å². The first kappa shape index (κ1) is 13.5. The average Bonchev–Trinajstić information content (AvgIpc) is 2.69. The van der Waals surface area contributed by atoms with Crippen molar-refractivity contribution in [3.8, 4) is 0 Å². The first-order chi connectivity index (χ1) is 7.91. The van der Waals surface area contributed by atoms with Crippen LogP contribution in [0.25, 0.3) is 0 Å². The maximum absolute atomic E-state index is 12.3. The van der Waals surface area contributed by atoms with Gasteiger partial charge in [0.2, 0.25) is 0 Å². The molecule has 2 unspecified atom stereocenters. The van der Waals surface area contributed by atoms with Gasteiger partial charge in [-0.25, -0.2) is 8.42 Å². The Morgan fingerprint density at radius 1 is 1.53 bits per heavy atom. The average molecular weight is 339 g/mol. The van der Waals surface area contributed by atoms with Crippen molar-refractivity contribution in [3.05, 3.63) is 15.9 Å². The molecule has 0 aliphatic carbocycles. The van der Waals surface area contributed by atoms with Crippen LogP contribution in [0.15, 0.2) is 20.1 Å². The zero-order valence-corrected chi connectivity index (χ0v) is 12.7. The van der Waals surface area contributed by atoms with Crippen molar-refractivity contribution in [1.82, 2.24) is 4.31 Å². The molecule has 0 bridgehead atoms. The Labute approximate surface area is 114 Å². The number of hydrogen-bond acceptors (Lipinski definition) is 4. The standard InChI is InChI=1S/C10H15BrN2O2S2/c1-7-4-5-13(6-8(7)12)17(14,15)10-3-2-9(11)16-10/h2-3,7-8H,4-6,12H2,1H3. The molecule has 1 aromatic heterocycles. The first-order valence-electron chi connectivity index (χ1n) is 5.42. The van der Waals surface area contributed by atoms with Gasteiger partial charge in [-0.3, -0.25) is 0 Å². The molecule has 7 heteroatoms. The lowest BCUT2D eigenvalue weighted by Gasteiger charge is -2.33. The molecule has 2 atom stereocenters. The van der Waals surface area contributed by atoms with Gasteiger partial charge in [0, 0.05) is 19.1 Å². The summed E-state index contributed by atoms with van der Waals surface area (Å²) in [6, 6.07) is 3.32. The molecule has 1 aliphatic rings. The van der Waals surface area contributed by atoms with Crippen LogP contribution in [-0.4, -0.2) is 31.9 Å². The smallest absolute Gasteiger partial charge is 0.252 e. The van der Waals surface area contributed by atoms with Crippen molar-refractivity contribution in [2.75, 3.05) is 13.1 Å². The van der Waals surface area contributed by atoms with Crippen LogP contribution in [0.5, 0.6) is 0 Å². The van der Waals surface area contributed by atoms with Crippen molar-refractivity contribution in [2.24, 2.45) is 11.7 Å². The summed E-state index contributed by atoms with van der Waals surface area (Å²) in [7, 11) is -3.36. The molecule has 1 saturated heterocycles. The molecular weight excluding hydrogens is 324 g/mol. The summed E-state index contributed by atoms with van der Waals surface area (Å²) in [5.41, 5.74) is 5.94. The van der Waals surface area contributed by atoms with Gasteiger partial charge in [-0.15, -0.1) is 11.3 Å². The Morgan fingerprint density at radius 3 is 2.76 bits per heavy atom. The fourth-order valence-corrected chi connectivity index (χ4v) is 5.51. The molecule has 0 aromatic carbocycles. The summed E-state index contributed by atoms with van der Waals surface area (Å²) in [4.78, 5) is 0. The molecule has 1 fully saturated rings. The molecule has 0 radical (unpaired) electrons. The molecule has 0 spiro atoms. The Balaban J connectivity index is 2.22. The normalized spacial score (nSPS) is 27.2. The van der Waals surface area contributed by atoms with Crippen molar-refractivity contribution >= 4 is 37.3 Å². The van der Waals surface area contributed by atoms with Crippen LogP contribution in [0.3, 0.4) is 0 Å². The van der Waals surface area contributed by atoms with Crippen molar-refractivity contribution < 1.29 is 8.42 Å². The number of piperidine rings is 1. The molecule has 0 amide bonds. The topological polar surface area (TPSA) is 63.4 Å². The van der Waals surface area contributed by atoms with Gasteiger partial charge in [-0.2, -0.15) is 4.31 Å². The minimum absolute atomic E-state index is 0.0677. The second-order valence-corrected chi connectivity index (χ2v) is 8.98. The molecule has 2 N–H and O–H groups in total. The number of thiophene rings is 1.